The van der Waals surface area contributed by atoms with Crippen LogP contribution in [0.3, 0.4) is 0 Å². The highest BCUT2D eigenvalue weighted by Crippen LogP contribution is 2.34. The summed E-state index contributed by atoms with van der Waals surface area (Å²) in [5.41, 5.74) is 6.30. The number of carbonyl (C=O) groups excluding carboxylic acids is 1. The minimum atomic E-state index is -0.00386. The number of anilines is 1. The molecule has 3 aromatic rings. The van der Waals surface area contributed by atoms with Gasteiger partial charge >= 0.3 is 0 Å². The Morgan fingerprint density at radius 1 is 1.10 bits per heavy atom. The maximum absolute atomic E-state index is 12.5. The second kappa shape index (κ2) is 9.08. The van der Waals surface area contributed by atoms with Crippen LogP contribution < -0.4 is 10.1 Å². The van der Waals surface area contributed by atoms with Crippen molar-refractivity contribution in [1.82, 2.24) is 9.97 Å². The Hall–Kier alpha value is -3.21. The summed E-state index contributed by atoms with van der Waals surface area (Å²) in [6.45, 7) is 2.04. The van der Waals surface area contributed by atoms with Crippen LogP contribution in [0, 0.1) is 0 Å². The van der Waals surface area contributed by atoms with Crippen molar-refractivity contribution in [3.8, 4) is 17.0 Å². The SMILES string of the molecule is CCc1nc2c(nc1NC(=O)CCCc1ccccc1)CCc1cc(OC)ccc1-2. The highest BCUT2D eigenvalue weighted by molar-refractivity contribution is 5.90. The molecular weight excluding hydrogens is 374 g/mol. The summed E-state index contributed by atoms with van der Waals surface area (Å²) < 4.78 is 5.35. The second-order valence-electron chi connectivity index (χ2n) is 7.58. The number of ether oxygens (including phenoxy) is 1. The van der Waals surface area contributed by atoms with Crippen LogP contribution in [-0.2, 0) is 30.5 Å². The molecule has 5 heteroatoms. The first-order valence-electron chi connectivity index (χ1n) is 10.6. The van der Waals surface area contributed by atoms with E-state index in [4.69, 9.17) is 14.7 Å². The van der Waals surface area contributed by atoms with Crippen molar-refractivity contribution in [3.05, 3.63) is 71.0 Å². The van der Waals surface area contributed by atoms with E-state index in [0.29, 0.717) is 18.7 Å². The Bertz CT molecular complexity index is 1050. The van der Waals surface area contributed by atoms with Crippen molar-refractivity contribution < 1.29 is 9.53 Å². The first-order chi connectivity index (χ1) is 14.7. The van der Waals surface area contributed by atoms with Crippen molar-refractivity contribution in [2.24, 2.45) is 0 Å². The van der Waals surface area contributed by atoms with Crippen LogP contribution in [0.1, 0.15) is 42.3 Å². The quantitative estimate of drug-likeness (QED) is 0.619. The Morgan fingerprint density at radius 2 is 1.93 bits per heavy atom. The van der Waals surface area contributed by atoms with Gasteiger partial charge in [0.2, 0.25) is 5.91 Å². The van der Waals surface area contributed by atoms with Crippen molar-refractivity contribution >= 4 is 11.7 Å². The van der Waals surface area contributed by atoms with E-state index in [1.54, 1.807) is 7.11 Å². The molecule has 4 rings (SSSR count). The van der Waals surface area contributed by atoms with Crippen LogP contribution in [-0.4, -0.2) is 23.0 Å². The van der Waals surface area contributed by atoms with Gasteiger partial charge in [-0.05, 0) is 61.4 Å². The molecule has 1 aliphatic carbocycles. The zero-order valence-corrected chi connectivity index (χ0v) is 17.6. The van der Waals surface area contributed by atoms with Crippen LogP contribution in [0.4, 0.5) is 5.82 Å². The minimum Gasteiger partial charge on any atom is -0.497 e. The lowest BCUT2D eigenvalue weighted by atomic mass is 9.91. The predicted octanol–water partition coefficient (Wildman–Crippen LogP) is 4.77. The molecule has 0 unspecified atom stereocenters. The number of aryl methyl sites for hydroxylation is 4. The largest absolute Gasteiger partial charge is 0.497 e. The van der Waals surface area contributed by atoms with E-state index in [1.807, 2.05) is 31.2 Å². The number of benzene rings is 2. The van der Waals surface area contributed by atoms with Crippen molar-refractivity contribution in [2.45, 2.75) is 45.4 Å². The fourth-order valence-electron chi connectivity index (χ4n) is 3.92. The third-order valence-electron chi connectivity index (χ3n) is 5.54. The Balaban J connectivity index is 1.48. The van der Waals surface area contributed by atoms with Gasteiger partial charge in [-0.3, -0.25) is 4.79 Å². The zero-order valence-electron chi connectivity index (χ0n) is 17.6. The van der Waals surface area contributed by atoms with Gasteiger partial charge in [0.05, 0.1) is 24.2 Å². The molecule has 154 valence electrons. The molecule has 0 radical (unpaired) electrons. The lowest BCUT2D eigenvalue weighted by molar-refractivity contribution is -0.116. The van der Waals surface area contributed by atoms with Gasteiger partial charge in [0.15, 0.2) is 5.82 Å². The minimum absolute atomic E-state index is 0.00386. The van der Waals surface area contributed by atoms with Gasteiger partial charge in [-0.15, -0.1) is 0 Å². The van der Waals surface area contributed by atoms with Crippen LogP contribution in [0.5, 0.6) is 5.75 Å². The molecule has 0 fully saturated rings. The van der Waals surface area contributed by atoms with Gasteiger partial charge in [0, 0.05) is 12.0 Å². The van der Waals surface area contributed by atoms with Crippen LogP contribution >= 0.6 is 0 Å². The van der Waals surface area contributed by atoms with Gasteiger partial charge < -0.3 is 10.1 Å². The molecular formula is C25H27N3O2. The fourth-order valence-corrected chi connectivity index (χ4v) is 3.92. The van der Waals surface area contributed by atoms with E-state index in [1.165, 1.54) is 11.1 Å². The molecule has 0 bridgehead atoms. The first kappa shape index (κ1) is 20.1. The zero-order chi connectivity index (χ0) is 20.9. The molecule has 0 spiro atoms. The lowest BCUT2D eigenvalue weighted by Crippen LogP contribution is -2.18. The van der Waals surface area contributed by atoms with E-state index in [2.05, 4.69) is 29.6 Å². The van der Waals surface area contributed by atoms with E-state index in [-0.39, 0.29) is 5.91 Å². The fraction of sp³-hybridized carbons (Fsp3) is 0.320. The summed E-state index contributed by atoms with van der Waals surface area (Å²) >= 11 is 0. The number of methoxy groups -OCH3 is 1. The number of amides is 1. The molecule has 0 saturated carbocycles. The second-order valence-corrected chi connectivity index (χ2v) is 7.58. The van der Waals surface area contributed by atoms with Crippen LogP contribution in [0.2, 0.25) is 0 Å². The number of hydrogen-bond acceptors (Lipinski definition) is 4. The number of fused-ring (bicyclic) bond motifs is 3. The van der Waals surface area contributed by atoms with Gasteiger partial charge in [-0.2, -0.15) is 0 Å². The number of hydrogen-bond donors (Lipinski definition) is 1. The Morgan fingerprint density at radius 3 is 2.70 bits per heavy atom. The average Bonchev–Trinajstić information content (AvgIpc) is 2.78. The maximum Gasteiger partial charge on any atom is 0.225 e. The summed E-state index contributed by atoms with van der Waals surface area (Å²) in [6, 6.07) is 16.3. The third kappa shape index (κ3) is 4.35. The van der Waals surface area contributed by atoms with Crippen LogP contribution in [0.15, 0.2) is 48.5 Å². The molecule has 1 amide bonds. The average molecular weight is 402 g/mol. The lowest BCUT2D eigenvalue weighted by Gasteiger charge is -2.21. The van der Waals surface area contributed by atoms with E-state index in [0.717, 1.165) is 54.1 Å². The number of aromatic nitrogens is 2. The normalized spacial score (nSPS) is 12.1. The first-order valence-corrected chi connectivity index (χ1v) is 10.6. The molecule has 1 N–H and O–H groups in total. The van der Waals surface area contributed by atoms with E-state index in [9.17, 15) is 4.79 Å². The Kier molecular flexibility index (Phi) is 6.07. The third-order valence-corrected chi connectivity index (χ3v) is 5.54. The molecule has 1 aliphatic rings. The van der Waals surface area contributed by atoms with Crippen molar-refractivity contribution in [2.75, 3.05) is 12.4 Å². The predicted molar refractivity (Wildman–Crippen MR) is 119 cm³/mol. The maximum atomic E-state index is 12.5. The molecule has 0 atom stereocenters. The van der Waals surface area contributed by atoms with Gasteiger partial charge in [-0.25, -0.2) is 9.97 Å². The molecule has 0 aliphatic heterocycles. The summed E-state index contributed by atoms with van der Waals surface area (Å²) in [5.74, 6) is 1.47. The van der Waals surface area contributed by atoms with Crippen molar-refractivity contribution in [3.63, 3.8) is 0 Å². The van der Waals surface area contributed by atoms with Gasteiger partial charge in [0.1, 0.15) is 5.75 Å². The number of nitrogens with zero attached hydrogens (tertiary/aromatic N) is 2. The molecule has 1 aromatic heterocycles. The van der Waals surface area contributed by atoms with E-state index < -0.39 is 0 Å². The highest BCUT2D eigenvalue weighted by atomic mass is 16.5. The number of nitrogens with one attached hydrogen (secondary N) is 1. The molecule has 5 nitrogen and oxygen atoms in total. The summed E-state index contributed by atoms with van der Waals surface area (Å²) in [6.07, 6.45) is 4.59. The van der Waals surface area contributed by atoms with Crippen LogP contribution in [0.25, 0.3) is 11.3 Å². The molecule has 30 heavy (non-hydrogen) atoms. The molecule has 0 saturated heterocycles. The number of rotatable bonds is 7. The highest BCUT2D eigenvalue weighted by Gasteiger charge is 2.22. The molecule has 2 aromatic carbocycles. The summed E-state index contributed by atoms with van der Waals surface area (Å²) in [5, 5.41) is 3.01. The Labute approximate surface area is 177 Å². The summed E-state index contributed by atoms with van der Waals surface area (Å²) in [7, 11) is 1.68. The summed E-state index contributed by atoms with van der Waals surface area (Å²) in [4.78, 5) is 22.2. The number of carbonyl (C=O) groups is 1. The monoisotopic (exact) mass is 401 g/mol. The van der Waals surface area contributed by atoms with Gasteiger partial charge in [0.25, 0.3) is 0 Å². The van der Waals surface area contributed by atoms with Crippen molar-refractivity contribution in [1.29, 1.82) is 0 Å². The van der Waals surface area contributed by atoms with E-state index >= 15 is 0 Å². The standard InChI is InChI=1S/C25H27N3O2/c1-3-21-25(28-23(29)11-7-10-17-8-5-4-6-9-17)27-22-15-12-18-16-19(30-2)13-14-20(18)24(22)26-21/h4-6,8-9,13-14,16H,3,7,10-12,15H2,1-2H3,(H,27,28,29). The van der Waals surface area contributed by atoms with Gasteiger partial charge in [-0.1, -0.05) is 37.3 Å². The smallest absolute Gasteiger partial charge is 0.225 e. The molecule has 1 heterocycles. The topological polar surface area (TPSA) is 64.1 Å².